The van der Waals surface area contributed by atoms with Gasteiger partial charge in [-0.1, -0.05) is 18.6 Å². The maximum atomic E-state index is 9.81. The monoisotopic (exact) mass is 260 g/mol. The van der Waals surface area contributed by atoms with Crippen molar-refractivity contribution < 1.29 is 9.84 Å². The van der Waals surface area contributed by atoms with Crippen LogP contribution in [0.2, 0.25) is 0 Å². The summed E-state index contributed by atoms with van der Waals surface area (Å²) in [6, 6.07) is 6.07. The molecule has 1 N–H and O–H groups in total. The molecule has 1 aromatic rings. The van der Waals surface area contributed by atoms with Crippen LogP contribution in [0.1, 0.15) is 49.8 Å². The molecule has 3 rings (SSSR count). The lowest BCUT2D eigenvalue weighted by Crippen LogP contribution is -2.19. The SMILES string of the molecule is Cc1ccc([C@H](C)O)c(OCC2CC3CCC2C3)c1. The number of ether oxygens (including phenoxy) is 1. The van der Waals surface area contributed by atoms with Gasteiger partial charge in [0.05, 0.1) is 12.7 Å². The largest absolute Gasteiger partial charge is 0.493 e. The molecule has 0 aliphatic heterocycles. The second-order valence-corrected chi connectivity index (χ2v) is 6.46. The maximum Gasteiger partial charge on any atom is 0.125 e. The van der Waals surface area contributed by atoms with E-state index < -0.39 is 6.10 Å². The number of aliphatic hydroxyl groups excluding tert-OH is 1. The molecular weight excluding hydrogens is 236 g/mol. The molecule has 2 saturated carbocycles. The van der Waals surface area contributed by atoms with Crippen molar-refractivity contribution >= 4 is 0 Å². The van der Waals surface area contributed by atoms with Crippen LogP contribution in [-0.2, 0) is 0 Å². The van der Waals surface area contributed by atoms with Gasteiger partial charge < -0.3 is 9.84 Å². The van der Waals surface area contributed by atoms with Gasteiger partial charge in [0.2, 0.25) is 0 Å². The summed E-state index contributed by atoms with van der Waals surface area (Å²) >= 11 is 0. The number of benzene rings is 1. The molecule has 0 aromatic heterocycles. The van der Waals surface area contributed by atoms with Crippen molar-refractivity contribution in [3.63, 3.8) is 0 Å². The van der Waals surface area contributed by atoms with Gasteiger partial charge in [-0.15, -0.1) is 0 Å². The fourth-order valence-electron chi connectivity index (χ4n) is 3.89. The lowest BCUT2D eigenvalue weighted by molar-refractivity contribution is 0.172. The number of fused-ring (bicyclic) bond motifs is 2. The molecule has 2 fully saturated rings. The Labute approximate surface area is 115 Å². The fraction of sp³-hybridized carbons (Fsp3) is 0.647. The van der Waals surface area contributed by atoms with Gasteiger partial charge in [0.15, 0.2) is 0 Å². The molecule has 2 aliphatic carbocycles. The smallest absolute Gasteiger partial charge is 0.125 e. The van der Waals surface area contributed by atoms with Crippen LogP contribution in [0.15, 0.2) is 18.2 Å². The van der Waals surface area contributed by atoms with Crippen molar-refractivity contribution in [1.29, 1.82) is 0 Å². The maximum absolute atomic E-state index is 9.81. The van der Waals surface area contributed by atoms with Crippen LogP contribution in [0.5, 0.6) is 5.75 Å². The van der Waals surface area contributed by atoms with E-state index in [4.69, 9.17) is 4.74 Å². The average Bonchev–Trinajstić information content (AvgIpc) is 2.98. The van der Waals surface area contributed by atoms with Crippen LogP contribution in [0.25, 0.3) is 0 Å². The molecule has 0 spiro atoms. The van der Waals surface area contributed by atoms with Crippen LogP contribution >= 0.6 is 0 Å². The van der Waals surface area contributed by atoms with Crippen molar-refractivity contribution in [2.45, 2.75) is 45.6 Å². The first-order valence-electron chi connectivity index (χ1n) is 7.55. The summed E-state index contributed by atoms with van der Waals surface area (Å²) in [5, 5.41) is 9.81. The first-order chi connectivity index (χ1) is 9.13. The molecule has 1 aromatic carbocycles. The van der Waals surface area contributed by atoms with Gasteiger partial charge in [0.1, 0.15) is 5.75 Å². The standard InChI is InChI=1S/C17H24O2/c1-11-3-6-16(12(2)18)17(7-11)19-10-15-9-13-4-5-14(15)8-13/h3,6-7,12-15,18H,4-5,8-10H2,1-2H3/t12-,13?,14?,15?/m0/s1. The van der Waals surface area contributed by atoms with E-state index in [1.54, 1.807) is 6.92 Å². The normalized spacial score (nSPS) is 30.6. The predicted molar refractivity (Wildman–Crippen MR) is 76.2 cm³/mol. The summed E-state index contributed by atoms with van der Waals surface area (Å²) in [6.45, 7) is 4.69. The van der Waals surface area contributed by atoms with Gasteiger partial charge in [0, 0.05) is 5.56 Å². The number of hydrogen-bond acceptors (Lipinski definition) is 2. The molecule has 19 heavy (non-hydrogen) atoms. The minimum absolute atomic E-state index is 0.462. The topological polar surface area (TPSA) is 29.5 Å². The minimum atomic E-state index is -0.462. The van der Waals surface area contributed by atoms with Crippen LogP contribution in [0.3, 0.4) is 0 Å². The minimum Gasteiger partial charge on any atom is -0.493 e. The molecule has 0 amide bonds. The van der Waals surface area contributed by atoms with Crippen LogP contribution in [0.4, 0.5) is 0 Å². The average molecular weight is 260 g/mol. The van der Waals surface area contributed by atoms with E-state index in [1.807, 2.05) is 12.1 Å². The van der Waals surface area contributed by atoms with Crippen molar-refractivity contribution in [1.82, 2.24) is 0 Å². The van der Waals surface area contributed by atoms with E-state index in [9.17, 15) is 5.11 Å². The highest BCUT2D eigenvalue weighted by Gasteiger charge is 2.39. The molecule has 0 heterocycles. The van der Waals surface area contributed by atoms with E-state index in [-0.39, 0.29) is 0 Å². The molecule has 0 saturated heterocycles. The third-order valence-electron chi connectivity index (χ3n) is 4.96. The molecule has 2 aliphatic rings. The molecule has 3 unspecified atom stereocenters. The first-order valence-corrected chi connectivity index (χ1v) is 7.55. The summed E-state index contributed by atoms with van der Waals surface area (Å²) in [4.78, 5) is 0. The number of aryl methyl sites for hydroxylation is 1. The molecule has 0 radical (unpaired) electrons. The Kier molecular flexibility index (Phi) is 3.53. The molecular formula is C17H24O2. The molecule has 2 heteroatoms. The van der Waals surface area contributed by atoms with E-state index in [0.29, 0.717) is 0 Å². The van der Waals surface area contributed by atoms with E-state index in [1.165, 1.54) is 31.2 Å². The van der Waals surface area contributed by atoms with Crippen LogP contribution in [0, 0.1) is 24.7 Å². The molecule has 104 valence electrons. The van der Waals surface area contributed by atoms with E-state index >= 15 is 0 Å². The predicted octanol–water partition coefficient (Wildman–Crippen LogP) is 3.86. The highest BCUT2D eigenvalue weighted by molar-refractivity contribution is 5.38. The Morgan fingerprint density at radius 1 is 1.32 bits per heavy atom. The van der Waals surface area contributed by atoms with Gasteiger partial charge in [0.25, 0.3) is 0 Å². The van der Waals surface area contributed by atoms with Crippen LogP contribution in [-0.4, -0.2) is 11.7 Å². The zero-order valence-electron chi connectivity index (χ0n) is 11.9. The molecule has 2 bridgehead atoms. The second-order valence-electron chi connectivity index (χ2n) is 6.46. The number of hydrogen-bond donors (Lipinski definition) is 1. The third kappa shape index (κ3) is 2.64. The lowest BCUT2D eigenvalue weighted by atomic mass is 9.89. The first kappa shape index (κ1) is 13.0. The molecule has 2 nitrogen and oxygen atoms in total. The second kappa shape index (κ2) is 5.16. The Bertz CT molecular complexity index is 453. The summed E-state index contributed by atoms with van der Waals surface area (Å²) in [6.07, 6.45) is 5.14. The summed E-state index contributed by atoms with van der Waals surface area (Å²) < 4.78 is 6.06. The Morgan fingerprint density at radius 3 is 2.79 bits per heavy atom. The fourth-order valence-corrected chi connectivity index (χ4v) is 3.89. The summed E-state index contributed by atoms with van der Waals surface area (Å²) in [5.74, 6) is 3.47. The van der Waals surface area contributed by atoms with Gasteiger partial charge in [-0.3, -0.25) is 0 Å². The highest BCUT2D eigenvalue weighted by Crippen LogP contribution is 2.48. The van der Waals surface area contributed by atoms with Gasteiger partial charge in [-0.05, 0) is 62.5 Å². The lowest BCUT2D eigenvalue weighted by Gasteiger charge is -2.23. The van der Waals surface area contributed by atoms with E-state index in [2.05, 4.69) is 13.0 Å². The van der Waals surface area contributed by atoms with E-state index in [0.717, 1.165) is 35.7 Å². The Balaban J connectivity index is 1.67. The quantitative estimate of drug-likeness (QED) is 0.890. The van der Waals surface area contributed by atoms with Gasteiger partial charge in [-0.25, -0.2) is 0 Å². The summed E-state index contributed by atoms with van der Waals surface area (Å²) in [5.41, 5.74) is 2.10. The van der Waals surface area contributed by atoms with Gasteiger partial charge >= 0.3 is 0 Å². The summed E-state index contributed by atoms with van der Waals surface area (Å²) in [7, 11) is 0. The number of rotatable bonds is 4. The highest BCUT2D eigenvalue weighted by atomic mass is 16.5. The Hall–Kier alpha value is -1.02. The number of aliphatic hydroxyl groups is 1. The van der Waals surface area contributed by atoms with Crippen molar-refractivity contribution in [3.05, 3.63) is 29.3 Å². The van der Waals surface area contributed by atoms with Crippen molar-refractivity contribution in [3.8, 4) is 5.75 Å². The van der Waals surface area contributed by atoms with Crippen LogP contribution < -0.4 is 4.74 Å². The molecule has 4 atom stereocenters. The third-order valence-corrected chi connectivity index (χ3v) is 4.96. The Morgan fingerprint density at radius 2 is 2.16 bits per heavy atom. The van der Waals surface area contributed by atoms with Crippen molar-refractivity contribution in [2.75, 3.05) is 6.61 Å². The van der Waals surface area contributed by atoms with Gasteiger partial charge in [-0.2, -0.15) is 0 Å². The van der Waals surface area contributed by atoms with Crippen molar-refractivity contribution in [2.24, 2.45) is 17.8 Å². The zero-order valence-corrected chi connectivity index (χ0v) is 11.9. The zero-order chi connectivity index (χ0) is 13.4.